The van der Waals surface area contributed by atoms with Gasteiger partial charge in [-0.3, -0.25) is 19.3 Å². The van der Waals surface area contributed by atoms with Gasteiger partial charge in [-0.2, -0.15) is 0 Å². The molecule has 0 radical (unpaired) electrons. The van der Waals surface area contributed by atoms with Gasteiger partial charge in [0.1, 0.15) is 0 Å². The van der Waals surface area contributed by atoms with E-state index in [1.165, 1.54) is 4.90 Å². The zero-order chi connectivity index (χ0) is 15.9. The molecule has 0 aromatic heterocycles. The second kappa shape index (κ2) is 5.55. The standard InChI is InChI=1S/C17H20N2O3/c1-10(2)7-8-19-16(21)13-6-3-11(9-14(13)17(19)22)15(20)18-12-4-5-12/h3,6,9-10,12H,4-5,7-8H2,1-2H3,(H,18,20). The van der Waals surface area contributed by atoms with Gasteiger partial charge in [-0.25, -0.2) is 0 Å². The van der Waals surface area contributed by atoms with Crippen molar-refractivity contribution in [3.8, 4) is 0 Å². The molecule has 3 amide bonds. The molecule has 1 aromatic rings. The minimum Gasteiger partial charge on any atom is -0.349 e. The highest BCUT2D eigenvalue weighted by Gasteiger charge is 2.36. The van der Waals surface area contributed by atoms with E-state index < -0.39 is 0 Å². The van der Waals surface area contributed by atoms with Gasteiger partial charge in [-0.1, -0.05) is 13.8 Å². The lowest BCUT2D eigenvalue weighted by molar-refractivity contribution is 0.0647. The van der Waals surface area contributed by atoms with Crippen molar-refractivity contribution in [1.29, 1.82) is 0 Å². The first-order chi connectivity index (χ1) is 10.5. The van der Waals surface area contributed by atoms with Crippen molar-refractivity contribution in [2.24, 2.45) is 5.92 Å². The molecule has 1 saturated carbocycles. The minimum absolute atomic E-state index is 0.175. The van der Waals surface area contributed by atoms with Crippen LogP contribution in [-0.2, 0) is 0 Å². The van der Waals surface area contributed by atoms with Crippen LogP contribution in [0, 0.1) is 5.92 Å². The van der Waals surface area contributed by atoms with E-state index in [9.17, 15) is 14.4 Å². The van der Waals surface area contributed by atoms with Gasteiger partial charge in [-0.05, 0) is 43.4 Å². The van der Waals surface area contributed by atoms with Crippen LogP contribution < -0.4 is 5.32 Å². The van der Waals surface area contributed by atoms with Gasteiger partial charge < -0.3 is 5.32 Å². The Balaban J connectivity index is 1.80. The van der Waals surface area contributed by atoms with Crippen LogP contribution in [0.1, 0.15) is 64.2 Å². The van der Waals surface area contributed by atoms with E-state index in [1.54, 1.807) is 18.2 Å². The zero-order valence-electron chi connectivity index (χ0n) is 12.9. The molecule has 3 rings (SSSR count). The lowest BCUT2D eigenvalue weighted by Crippen LogP contribution is -2.31. The Morgan fingerprint density at radius 2 is 1.91 bits per heavy atom. The number of rotatable bonds is 5. The maximum absolute atomic E-state index is 12.4. The Hall–Kier alpha value is -2.17. The molecule has 1 fully saturated rings. The van der Waals surface area contributed by atoms with Crippen LogP contribution in [0.2, 0.25) is 0 Å². The molecular weight excluding hydrogens is 280 g/mol. The summed E-state index contributed by atoms with van der Waals surface area (Å²) in [4.78, 5) is 38.0. The van der Waals surface area contributed by atoms with Crippen molar-refractivity contribution in [3.05, 3.63) is 34.9 Å². The van der Waals surface area contributed by atoms with Gasteiger partial charge in [0.25, 0.3) is 17.7 Å². The summed E-state index contributed by atoms with van der Waals surface area (Å²) in [6.07, 6.45) is 2.80. The molecule has 5 nitrogen and oxygen atoms in total. The van der Waals surface area contributed by atoms with E-state index in [-0.39, 0.29) is 23.8 Å². The third-order valence-corrected chi connectivity index (χ3v) is 4.08. The second-order valence-electron chi connectivity index (χ2n) is 6.45. The van der Waals surface area contributed by atoms with Gasteiger partial charge in [0.05, 0.1) is 11.1 Å². The largest absolute Gasteiger partial charge is 0.349 e. The molecule has 1 aliphatic carbocycles. The number of amides is 3. The minimum atomic E-state index is -0.290. The first-order valence-corrected chi connectivity index (χ1v) is 7.78. The molecule has 22 heavy (non-hydrogen) atoms. The Kier molecular flexibility index (Phi) is 3.72. The molecule has 1 N–H and O–H groups in total. The molecule has 0 unspecified atom stereocenters. The predicted molar refractivity (Wildman–Crippen MR) is 81.8 cm³/mol. The molecule has 0 spiro atoms. The van der Waals surface area contributed by atoms with Gasteiger partial charge >= 0.3 is 0 Å². The summed E-state index contributed by atoms with van der Waals surface area (Å²) in [5.74, 6) is -0.299. The van der Waals surface area contributed by atoms with Crippen LogP contribution in [0.25, 0.3) is 0 Å². The number of hydrogen-bond acceptors (Lipinski definition) is 3. The van der Waals surface area contributed by atoms with Crippen LogP contribution in [0.5, 0.6) is 0 Å². The SMILES string of the molecule is CC(C)CCN1C(=O)c2ccc(C(=O)NC3CC3)cc2C1=O. The van der Waals surface area contributed by atoms with E-state index >= 15 is 0 Å². The second-order valence-corrected chi connectivity index (χ2v) is 6.45. The van der Waals surface area contributed by atoms with Crippen LogP contribution in [-0.4, -0.2) is 35.2 Å². The van der Waals surface area contributed by atoms with E-state index in [2.05, 4.69) is 19.2 Å². The fourth-order valence-electron chi connectivity index (χ4n) is 2.52. The predicted octanol–water partition coefficient (Wildman–Crippen LogP) is 2.22. The number of carbonyl (C=O) groups is 3. The van der Waals surface area contributed by atoms with Gasteiger partial charge in [0.15, 0.2) is 0 Å². The van der Waals surface area contributed by atoms with Crippen molar-refractivity contribution >= 4 is 17.7 Å². The van der Waals surface area contributed by atoms with Gasteiger partial charge in [0.2, 0.25) is 0 Å². The first-order valence-electron chi connectivity index (χ1n) is 7.78. The Morgan fingerprint density at radius 1 is 1.23 bits per heavy atom. The highest BCUT2D eigenvalue weighted by atomic mass is 16.2. The van der Waals surface area contributed by atoms with Crippen molar-refractivity contribution < 1.29 is 14.4 Å². The van der Waals surface area contributed by atoms with E-state index in [1.807, 2.05) is 0 Å². The molecule has 1 heterocycles. The summed E-state index contributed by atoms with van der Waals surface area (Å²) in [6.45, 7) is 4.53. The fourth-order valence-corrected chi connectivity index (χ4v) is 2.52. The Bertz CT molecular complexity index is 647. The fraction of sp³-hybridized carbons (Fsp3) is 0.471. The summed E-state index contributed by atoms with van der Waals surface area (Å²) < 4.78 is 0. The number of nitrogens with one attached hydrogen (secondary N) is 1. The van der Waals surface area contributed by atoms with Crippen molar-refractivity contribution in [1.82, 2.24) is 10.2 Å². The average molecular weight is 300 g/mol. The normalized spacial score (nSPS) is 17.1. The quantitative estimate of drug-likeness (QED) is 0.848. The molecule has 0 bridgehead atoms. The maximum atomic E-state index is 12.4. The van der Waals surface area contributed by atoms with Crippen molar-refractivity contribution in [2.75, 3.05) is 6.54 Å². The van der Waals surface area contributed by atoms with Crippen LogP contribution in [0.4, 0.5) is 0 Å². The smallest absolute Gasteiger partial charge is 0.261 e. The molecule has 5 heteroatoms. The average Bonchev–Trinajstić information content (AvgIpc) is 3.26. The van der Waals surface area contributed by atoms with Crippen molar-refractivity contribution in [3.63, 3.8) is 0 Å². The topological polar surface area (TPSA) is 66.5 Å². The number of hydrogen-bond donors (Lipinski definition) is 1. The lowest BCUT2D eigenvalue weighted by Gasteiger charge is -2.14. The monoisotopic (exact) mass is 300 g/mol. The first kappa shape index (κ1) is 14.8. The Labute approximate surface area is 129 Å². The molecular formula is C17H20N2O3. The third-order valence-electron chi connectivity index (χ3n) is 4.08. The molecule has 2 aliphatic rings. The number of nitrogens with zero attached hydrogens (tertiary/aromatic N) is 1. The van der Waals surface area contributed by atoms with E-state index in [0.29, 0.717) is 29.2 Å². The Morgan fingerprint density at radius 3 is 2.55 bits per heavy atom. The molecule has 1 aliphatic heterocycles. The summed E-state index contributed by atoms with van der Waals surface area (Å²) >= 11 is 0. The van der Waals surface area contributed by atoms with Gasteiger partial charge in [0, 0.05) is 18.2 Å². The highest BCUT2D eigenvalue weighted by Crippen LogP contribution is 2.25. The van der Waals surface area contributed by atoms with Crippen LogP contribution in [0.3, 0.4) is 0 Å². The summed E-state index contributed by atoms with van der Waals surface area (Å²) in [7, 11) is 0. The zero-order valence-corrected chi connectivity index (χ0v) is 12.9. The third kappa shape index (κ3) is 2.75. The number of benzene rings is 1. The van der Waals surface area contributed by atoms with Crippen LogP contribution >= 0.6 is 0 Å². The lowest BCUT2D eigenvalue weighted by atomic mass is 10.1. The van der Waals surface area contributed by atoms with Gasteiger partial charge in [-0.15, -0.1) is 0 Å². The van der Waals surface area contributed by atoms with E-state index in [4.69, 9.17) is 0 Å². The van der Waals surface area contributed by atoms with Crippen LogP contribution in [0.15, 0.2) is 18.2 Å². The summed E-state index contributed by atoms with van der Waals surface area (Å²) in [5.41, 5.74) is 1.19. The molecule has 0 atom stereocenters. The number of carbonyl (C=O) groups excluding carboxylic acids is 3. The number of fused-ring (bicyclic) bond motifs is 1. The number of imide groups is 1. The highest BCUT2D eigenvalue weighted by molar-refractivity contribution is 6.22. The molecule has 116 valence electrons. The maximum Gasteiger partial charge on any atom is 0.261 e. The molecule has 0 saturated heterocycles. The van der Waals surface area contributed by atoms with E-state index in [0.717, 1.165) is 19.3 Å². The molecule has 1 aromatic carbocycles. The summed E-state index contributed by atoms with van der Waals surface area (Å²) in [6, 6.07) is 5.02. The summed E-state index contributed by atoms with van der Waals surface area (Å²) in [5, 5.41) is 2.89. The van der Waals surface area contributed by atoms with Crippen molar-refractivity contribution in [2.45, 2.75) is 39.2 Å².